The molecule has 2 aromatic heterocycles. The van der Waals surface area contributed by atoms with E-state index in [0.717, 1.165) is 30.9 Å². The molecule has 90 valence electrons. The summed E-state index contributed by atoms with van der Waals surface area (Å²) in [5.41, 5.74) is 6.61. The SMILES string of the molecule is Nc1ncc(Cl)n2c([C@@H]3CCNC3)nc(Br)c12. The van der Waals surface area contributed by atoms with Crippen molar-refractivity contribution in [2.75, 3.05) is 18.8 Å². The lowest BCUT2D eigenvalue weighted by atomic mass is 10.1. The first-order chi connectivity index (χ1) is 8.18. The number of nitrogens with zero attached hydrogens (tertiary/aromatic N) is 3. The number of imidazole rings is 1. The highest BCUT2D eigenvalue weighted by Gasteiger charge is 2.24. The molecule has 2 aromatic rings. The zero-order valence-corrected chi connectivity index (χ0v) is 11.3. The third-order valence-electron chi connectivity index (χ3n) is 3.05. The predicted molar refractivity (Wildman–Crippen MR) is 70.3 cm³/mol. The number of hydrogen-bond acceptors (Lipinski definition) is 4. The third kappa shape index (κ3) is 1.71. The lowest BCUT2D eigenvalue weighted by Gasteiger charge is -2.09. The van der Waals surface area contributed by atoms with Gasteiger partial charge >= 0.3 is 0 Å². The van der Waals surface area contributed by atoms with Crippen LogP contribution in [0.25, 0.3) is 5.52 Å². The van der Waals surface area contributed by atoms with E-state index in [-0.39, 0.29) is 0 Å². The maximum atomic E-state index is 6.19. The molecule has 3 N–H and O–H groups in total. The van der Waals surface area contributed by atoms with E-state index < -0.39 is 0 Å². The van der Waals surface area contributed by atoms with Crippen molar-refractivity contribution in [3.8, 4) is 0 Å². The van der Waals surface area contributed by atoms with Gasteiger partial charge in [0.1, 0.15) is 21.1 Å². The summed E-state index contributed by atoms with van der Waals surface area (Å²) in [5, 5.41) is 3.86. The van der Waals surface area contributed by atoms with Crippen LogP contribution in [0.4, 0.5) is 5.82 Å². The van der Waals surface area contributed by atoms with Crippen molar-refractivity contribution in [3.63, 3.8) is 0 Å². The van der Waals surface area contributed by atoms with Gasteiger partial charge in [0.2, 0.25) is 0 Å². The van der Waals surface area contributed by atoms with Crippen molar-refractivity contribution in [2.45, 2.75) is 12.3 Å². The van der Waals surface area contributed by atoms with Gasteiger partial charge in [0.25, 0.3) is 0 Å². The van der Waals surface area contributed by atoms with Crippen molar-refractivity contribution in [2.24, 2.45) is 0 Å². The molecule has 0 bridgehead atoms. The van der Waals surface area contributed by atoms with Crippen molar-refractivity contribution in [3.05, 3.63) is 21.8 Å². The number of anilines is 1. The van der Waals surface area contributed by atoms with Crippen molar-refractivity contribution in [1.82, 2.24) is 19.7 Å². The molecular weight excluding hydrogens is 306 g/mol. The number of aromatic nitrogens is 3. The highest BCUT2D eigenvalue weighted by atomic mass is 79.9. The molecule has 3 heterocycles. The Balaban J connectivity index is 2.28. The van der Waals surface area contributed by atoms with Gasteiger partial charge in [-0.2, -0.15) is 0 Å². The molecule has 0 saturated carbocycles. The second-order valence-corrected chi connectivity index (χ2v) is 5.24. The smallest absolute Gasteiger partial charge is 0.150 e. The number of rotatable bonds is 1. The molecule has 3 rings (SSSR count). The van der Waals surface area contributed by atoms with E-state index in [2.05, 4.69) is 31.2 Å². The van der Waals surface area contributed by atoms with Crippen LogP contribution in [-0.4, -0.2) is 27.5 Å². The first-order valence-corrected chi connectivity index (χ1v) is 6.54. The largest absolute Gasteiger partial charge is 0.382 e. The normalized spacial score (nSPS) is 20.2. The first kappa shape index (κ1) is 11.3. The molecule has 5 nitrogen and oxygen atoms in total. The molecule has 0 unspecified atom stereocenters. The van der Waals surface area contributed by atoms with Crippen LogP contribution in [0.1, 0.15) is 18.2 Å². The molecule has 0 spiro atoms. The molecule has 0 radical (unpaired) electrons. The lowest BCUT2D eigenvalue weighted by Crippen LogP contribution is -2.10. The zero-order valence-electron chi connectivity index (χ0n) is 8.95. The number of hydrogen-bond donors (Lipinski definition) is 2. The van der Waals surface area contributed by atoms with E-state index in [1.165, 1.54) is 0 Å². The van der Waals surface area contributed by atoms with Gasteiger partial charge in [0.15, 0.2) is 5.82 Å². The quantitative estimate of drug-likeness (QED) is 0.842. The Morgan fingerprint density at radius 1 is 1.59 bits per heavy atom. The summed E-state index contributed by atoms with van der Waals surface area (Å²) >= 11 is 9.61. The molecule has 0 amide bonds. The highest BCUT2D eigenvalue weighted by molar-refractivity contribution is 9.10. The van der Waals surface area contributed by atoms with Crippen molar-refractivity contribution < 1.29 is 0 Å². The van der Waals surface area contributed by atoms with Gasteiger partial charge in [-0.3, -0.25) is 4.40 Å². The average molecular weight is 317 g/mol. The van der Waals surface area contributed by atoms with Crippen LogP contribution in [0.2, 0.25) is 5.15 Å². The number of halogens is 2. The number of nitrogen functional groups attached to an aromatic ring is 1. The van der Waals surface area contributed by atoms with Crippen LogP contribution in [0.5, 0.6) is 0 Å². The first-order valence-electron chi connectivity index (χ1n) is 5.37. The number of nitrogens with one attached hydrogen (secondary N) is 1. The molecule has 1 aliphatic heterocycles. The lowest BCUT2D eigenvalue weighted by molar-refractivity contribution is 0.697. The minimum absolute atomic E-state index is 0.369. The average Bonchev–Trinajstić information content (AvgIpc) is 2.91. The van der Waals surface area contributed by atoms with Crippen LogP contribution >= 0.6 is 27.5 Å². The Hall–Kier alpha value is -0.850. The summed E-state index contributed by atoms with van der Waals surface area (Å²) in [5.74, 6) is 1.75. The van der Waals surface area contributed by atoms with Crippen LogP contribution < -0.4 is 11.1 Å². The van der Waals surface area contributed by atoms with Crippen molar-refractivity contribution >= 4 is 38.9 Å². The standard InChI is InChI=1S/C10H11BrClN5/c11-8-7-9(13)15-4-6(12)17(7)10(16-8)5-1-2-14-3-5/h4-5,14H,1-3H2,(H2,13,15)/t5-/m1/s1. The fourth-order valence-corrected chi connectivity index (χ4v) is 3.02. The van der Waals surface area contributed by atoms with Crippen LogP contribution in [-0.2, 0) is 0 Å². The second-order valence-electron chi connectivity index (χ2n) is 4.10. The van der Waals surface area contributed by atoms with Crippen LogP contribution in [0.3, 0.4) is 0 Å². The number of fused-ring (bicyclic) bond motifs is 1. The van der Waals surface area contributed by atoms with E-state index in [9.17, 15) is 0 Å². The molecule has 1 atom stereocenters. The fraction of sp³-hybridized carbons (Fsp3) is 0.400. The van der Waals surface area contributed by atoms with E-state index in [0.29, 0.717) is 21.5 Å². The van der Waals surface area contributed by atoms with Crippen molar-refractivity contribution in [1.29, 1.82) is 0 Å². The summed E-state index contributed by atoms with van der Waals surface area (Å²) in [7, 11) is 0. The molecule has 17 heavy (non-hydrogen) atoms. The van der Waals surface area contributed by atoms with Crippen LogP contribution in [0.15, 0.2) is 10.8 Å². The molecule has 7 heteroatoms. The number of nitrogens with two attached hydrogens (primary N) is 1. The Morgan fingerprint density at radius 3 is 3.12 bits per heavy atom. The molecule has 1 saturated heterocycles. The van der Waals surface area contributed by atoms with Gasteiger partial charge in [-0.05, 0) is 28.9 Å². The molecule has 0 aromatic carbocycles. The predicted octanol–water partition coefficient (Wildman–Crippen LogP) is 1.80. The monoisotopic (exact) mass is 315 g/mol. The molecule has 1 aliphatic rings. The summed E-state index contributed by atoms with van der Waals surface area (Å²) in [6.45, 7) is 1.93. The fourth-order valence-electron chi connectivity index (χ4n) is 2.24. The Labute approximate surface area is 112 Å². The minimum atomic E-state index is 0.369. The van der Waals surface area contributed by atoms with Gasteiger partial charge in [-0.15, -0.1) is 0 Å². The van der Waals surface area contributed by atoms with Gasteiger partial charge in [0, 0.05) is 12.5 Å². The Kier molecular flexibility index (Phi) is 2.72. The summed E-state index contributed by atoms with van der Waals surface area (Å²) in [6.07, 6.45) is 2.62. The van der Waals surface area contributed by atoms with Gasteiger partial charge in [-0.1, -0.05) is 11.6 Å². The van der Waals surface area contributed by atoms with E-state index in [1.54, 1.807) is 6.20 Å². The summed E-state index contributed by atoms with van der Waals surface area (Å²) in [6, 6.07) is 0. The van der Waals surface area contributed by atoms with E-state index in [4.69, 9.17) is 17.3 Å². The van der Waals surface area contributed by atoms with E-state index >= 15 is 0 Å². The van der Waals surface area contributed by atoms with Gasteiger partial charge < -0.3 is 11.1 Å². The third-order valence-corrected chi connectivity index (χ3v) is 3.87. The maximum Gasteiger partial charge on any atom is 0.150 e. The Bertz CT molecular complexity index is 576. The molecule has 1 fully saturated rings. The topological polar surface area (TPSA) is 68.2 Å². The highest BCUT2D eigenvalue weighted by Crippen LogP contribution is 2.31. The Morgan fingerprint density at radius 2 is 2.41 bits per heavy atom. The molecule has 0 aliphatic carbocycles. The van der Waals surface area contributed by atoms with E-state index in [1.807, 2.05) is 4.40 Å². The summed E-state index contributed by atoms with van der Waals surface area (Å²) < 4.78 is 2.58. The van der Waals surface area contributed by atoms with Gasteiger partial charge in [-0.25, -0.2) is 9.97 Å². The minimum Gasteiger partial charge on any atom is -0.382 e. The summed E-state index contributed by atoms with van der Waals surface area (Å²) in [4.78, 5) is 8.58. The van der Waals surface area contributed by atoms with Gasteiger partial charge in [0.05, 0.1) is 6.20 Å². The molecular formula is C10H11BrClN5. The van der Waals surface area contributed by atoms with Crippen LogP contribution in [0, 0.1) is 0 Å². The zero-order chi connectivity index (χ0) is 12.0. The second kappa shape index (κ2) is 4.12. The maximum absolute atomic E-state index is 6.19.